The fourth-order valence-corrected chi connectivity index (χ4v) is 2.25. The highest BCUT2D eigenvalue weighted by Crippen LogP contribution is 2.31. The van der Waals surface area contributed by atoms with Crippen molar-refractivity contribution in [3.8, 4) is 0 Å². The smallest absolute Gasteiger partial charge is 0.339 e. The Labute approximate surface area is 122 Å². The number of rotatable bonds is 5. The van der Waals surface area contributed by atoms with Gasteiger partial charge in [-0.3, -0.25) is 4.68 Å². The number of aliphatic hydroxyl groups excluding tert-OH is 1. The van der Waals surface area contributed by atoms with Gasteiger partial charge in [-0.05, 0) is 20.3 Å². The van der Waals surface area contributed by atoms with Crippen molar-refractivity contribution >= 4 is 22.7 Å². The van der Waals surface area contributed by atoms with Gasteiger partial charge in [-0.1, -0.05) is 6.92 Å². The molecular weight excluding hydrogens is 272 g/mol. The number of hydrogen-bond acceptors (Lipinski definition) is 5. The number of nitrogens with zero attached hydrogens (tertiary/aromatic N) is 3. The van der Waals surface area contributed by atoms with E-state index in [9.17, 15) is 15.0 Å². The van der Waals surface area contributed by atoms with Crippen LogP contribution >= 0.6 is 0 Å². The van der Waals surface area contributed by atoms with E-state index in [0.717, 1.165) is 0 Å². The number of nitrogens with one attached hydrogen (secondary N) is 1. The van der Waals surface area contributed by atoms with E-state index in [0.29, 0.717) is 28.8 Å². The molecule has 2 aromatic heterocycles. The van der Waals surface area contributed by atoms with Crippen LogP contribution < -0.4 is 5.32 Å². The highest BCUT2D eigenvalue weighted by Gasteiger charge is 2.26. The van der Waals surface area contributed by atoms with Crippen molar-refractivity contribution in [3.63, 3.8) is 0 Å². The van der Waals surface area contributed by atoms with Crippen LogP contribution in [0.5, 0.6) is 0 Å². The molecule has 0 aliphatic carbocycles. The van der Waals surface area contributed by atoms with Gasteiger partial charge in [-0.25, -0.2) is 9.78 Å². The molecule has 0 spiro atoms. The van der Waals surface area contributed by atoms with Crippen molar-refractivity contribution in [1.29, 1.82) is 0 Å². The largest absolute Gasteiger partial charge is 0.478 e. The summed E-state index contributed by atoms with van der Waals surface area (Å²) in [6, 6.07) is 0. The minimum Gasteiger partial charge on any atom is -0.478 e. The molecule has 0 aliphatic heterocycles. The van der Waals surface area contributed by atoms with E-state index in [-0.39, 0.29) is 12.2 Å². The third kappa shape index (κ3) is 2.56. The Morgan fingerprint density at radius 2 is 2.19 bits per heavy atom. The maximum absolute atomic E-state index is 11.5. The van der Waals surface area contributed by atoms with Crippen LogP contribution in [-0.4, -0.2) is 43.1 Å². The van der Waals surface area contributed by atoms with E-state index in [1.54, 1.807) is 11.7 Å². The molecule has 2 aromatic rings. The Bertz CT molecular complexity index is 689. The summed E-state index contributed by atoms with van der Waals surface area (Å²) in [6.45, 7) is 5.48. The lowest BCUT2D eigenvalue weighted by atomic mass is 9.98. The number of carboxylic acid groups (broad SMARTS) is 1. The molecule has 7 heteroatoms. The van der Waals surface area contributed by atoms with Gasteiger partial charge in [-0.2, -0.15) is 5.10 Å². The maximum Gasteiger partial charge on any atom is 0.339 e. The fourth-order valence-electron chi connectivity index (χ4n) is 2.25. The fraction of sp³-hybridized carbons (Fsp3) is 0.500. The topological polar surface area (TPSA) is 100 Å². The summed E-state index contributed by atoms with van der Waals surface area (Å²) in [5.74, 6) is -1.06. The summed E-state index contributed by atoms with van der Waals surface area (Å²) in [5.41, 5.74) is 1.22. The number of carboxylic acids is 1. The summed E-state index contributed by atoms with van der Waals surface area (Å²) in [6.07, 6.45) is 1.97. The first kappa shape index (κ1) is 15.2. The highest BCUT2D eigenvalue weighted by molar-refractivity contribution is 6.04. The van der Waals surface area contributed by atoms with Crippen molar-refractivity contribution in [2.24, 2.45) is 7.05 Å². The number of aromatic carboxylic acids is 1. The van der Waals surface area contributed by atoms with E-state index in [2.05, 4.69) is 15.4 Å². The molecule has 0 saturated heterocycles. The molecule has 0 radical (unpaired) electrons. The summed E-state index contributed by atoms with van der Waals surface area (Å²) >= 11 is 0. The molecule has 1 atom stereocenters. The molecule has 0 saturated carbocycles. The quantitative estimate of drug-likeness (QED) is 0.773. The first-order valence-electron chi connectivity index (χ1n) is 6.77. The lowest BCUT2D eigenvalue weighted by Gasteiger charge is -2.29. The van der Waals surface area contributed by atoms with Gasteiger partial charge in [0.15, 0.2) is 5.65 Å². The van der Waals surface area contributed by atoms with E-state index in [4.69, 9.17) is 0 Å². The van der Waals surface area contributed by atoms with Crippen molar-refractivity contribution < 1.29 is 15.0 Å². The molecule has 0 amide bonds. The molecule has 0 bridgehead atoms. The van der Waals surface area contributed by atoms with Gasteiger partial charge >= 0.3 is 5.97 Å². The summed E-state index contributed by atoms with van der Waals surface area (Å²) in [5, 5.41) is 27.1. The normalized spacial score (nSPS) is 14.1. The number of hydrogen-bond donors (Lipinski definition) is 3. The number of aromatic nitrogens is 3. The van der Waals surface area contributed by atoms with Gasteiger partial charge in [0.25, 0.3) is 0 Å². The van der Waals surface area contributed by atoms with Gasteiger partial charge < -0.3 is 15.5 Å². The summed E-state index contributed by atoms with van der Waals surface area (Å²) < 4.78 is 1.61. The van der Waals surface area contributed by atoms with Crippen LogP contribution in [0.3, 0.4) is 0 Å². The minimum atomic E-state index is -1.06. The van der Waals surface area contributed by atoms with E-state index in [1.165, 1.54) is 6.20 Å². The van der Waals surface area contributed by atoms with Crippen LogP contribution in [0.15, 0.2) is 6.20 Å². The third-order valence-corrected chi connectivity index (χ3v) is 3.81. The summed E-state index contributed by atoms with van der Waals surface area (Å²) in [7, 11) is 1.76. The van der Waals surface area contributed by atoms with Crippen LogP contribution in [0.1, 0.15) is 36.3 Å². The van der Waals surface area contributed by atoms with E-state index in [1.807, 2.05) is 20.8 Å². The number of pyridine rings is 1. The lowest BCUT2D eigenvalue weighted by Crippen LogP contribution is -2.38. The molecule has 114 valence electrons. The Morgan fingerprint density at radius 1 is 1.52 bits per heavy atom. The zero-order valence-electron chi connectivity index (χ0n) is 12.6. The van der Waals surface area contributed by atoms with Crippen LogP contribution in [0.25, 0.3) is 11.0 Å². The standard InChI is InChI=1S/C14H20N4O3/c1-5-14(3,7-19)16-11-9(13(20)21)6-15-12-10(11)8(2)17-18(12)4/h6,19H,5,7H2,1-4H3,(H,15,16)(H,20,21). The zero-order chi connectivity index (χ0) is 15.8. The van der Waals surface area contributed by atoms with Gasteiger partial charge in [0.1, 0.15) is 5.56 Å². The van der Waals surface area contributed by atoms with Crippen LogP contribution in [0.4, 0.5) is 5.69 Å². The van der Waals surface area contributed by atoms with E-state index >= 15 is 0 Å². The second-order valence-corrected chi connectivity index (χ2v) is 5.46. The summed E-state index contributed by atoms with van der Waals surface area (Å²) in [4.78, 5) is 15.7. The van der Waals surface area contributed by atoms with Crippen LogP contribution in [0.2, 0.25) is 0 Å². The molecule has 0 aliphatic rings. The molecule has 1 unspecified atom stereocenters. The second-order valence-electron chi connectivity index (χ2n) is 5.46. The monoisotopic (exact) mass is 292 g/mol. The molecular formula is C14H20N4O3. The molecule has 2 rings (SSSR count). The van der Waals surface area contributed by atoms with Gasteiger partial charge in [0, 0.05) is 13.2 Å². The second kappa shape index (κ2) is 5.33. The number of carbonyl (C=O) groups is 1. The van der Waals surface area contributed by atoms with Gasteiger partial charge in [-0.15, -0.1) is 0 Å². The molecule has 21 heavy (non-hydrogen) atoms. The lowest BCUT2D eigenvalue weighted by molar-refractivity contribution is 0.0697. The van der Waals surface area contributed by atoms with Crippen LogP contribution in [-0.2, 0) is 7.05 Å². The van der Waals surface area contributed by atoms with Gasteiger partial charge in [0.2, 0.25) is 0 Å². The first-order chi connectivity index (χ1) is 9.83. The average Bonchev–Trinajstić information content (AvgIpc) is 2.74. The highest BCUT2D eigenvalue weighted by atomic mass is 16.4. The first-order valence-corrected chi connectivity index (χ1v) is 6.77. The molecule has 2 heterocycles. The average molecular weight is 292 g/mol. The predicted molar refractivity (Wildman–Crippen MR) is 79.6 cm³/mol. The Kier molecular flexibility index (Phi) is 3.87. The molecule has 7 nitrogen and oxygen atoms in total. The molecule has 3 N–H and O–H groups in total. The molecule has 0 fully saturated rings. The van der Waals surface area contributed by atoms with Crippen molar-refractivity contribution in [2.45, 2.75) is 32.7 Å². The SMILES string of the molecule is CCC(C)(CO)Nc1c(C(=O)O)cnc2c1c(C)nn2C. The van der Waals surface area contributed by atoms with Crippen molar-refractivity contribution in [2.75, 3.05) is 11.9 Å². The van der Waals surface area contributed by atoms with E-state index < -0.39 is 11.5 Å². The maximum atomic E-state index is 11.5. The zero-order valence-corrected chi connectivity index (χ0v) is 12.6. The van der Waals surface area contributed by atoms with Crippen molar-refractivity contribution in [1.82, 2.24) is 14.8 Å². The Morgan fingerprint density at radius 3 is 2.71 bits per heavy atom. The number of aliphatic hydroxyl groups is 1. The number of fused-ring (bicyclic) bond motifs is 1. The number of anilines is 1. The Balaban J connectivity index is 2.73. The van der Waals surface area contributed by atoms with Crippen LogP contribution in [0, 0.1) is 6.92 Å². The van der Waals surface area contributed by atoms with Crippen molar-refractivity contribution in [3.05, 3.63) is 17.5 Å². The Hall–Kier alpha value is -2.15. The number of aryl methyl sites for hydroxylation is 2. The third-order valence-electron chi connectivity index (χ3n) is 3.81. The van der Waals surface area contributed by atoms with Gasteiger partial charge in [0.05, 0.1) is 28.9 Å². The minimum absolute atomic E-state index is 0.0757. The predicted octanol–water partition coefficient (Wildman–Crippen LogP) is 1.55. The molecule has 0 aromatic carbocycles.